The zero-order chi connectivity index (χ0) is 15.7. The predicted molar refractivity (Wildman–Crippen MR) is 86.0 cm³/mol. The maximum atomic E-state index is 11.9. The van der Waals surface area contributed by atoms with Gasteiger partial charge in [0.2, 0.25) is 11.8 Å². The minimum absolute atomic E-state index is 0.255. The number of nitrogens with one attached hydrogen (secondary N) is 2. The van der Waals surface area contributed by atoms with Gasteiger partial charge in [-0.05, 0) is 55.8 Å². The average molecular weight is 306 g/mol. The van der Waals surface area contributed by atoms with Crippen molar-refractivity contribution in [1.82, 2.24) is 10.6 Å². The third-order valence-corrected chi connectivity index (χ3v) is 5.91. The molecule has 0 radical (unpaired) electrons. The molecule has 0 spiro atoms. The smallest absolute Gasteiger partial charge is 0.223 e. The summed E-state index contributed by atoms with van der Waals surface area (Å²) in [6, 6.07) is 0. The van der Waals surface area contributed by atoms with Crippen LogP contribution in [0.1, 0.15) is 52.4 Å². The zero-order valence-electron chi connectivity index (χ0n) is 13.9. The van der Waals surface area contributed by atoms with Gasteiger partial charge >= 0.3 is 0 Å². The third-order valence-electron chi connectivity index (χ3n) is 5.91. The summed E-state index contributed by atoms with van der Waals surface area (Å²) in [5, 5.41) is 6.28. The van der Waals surface area contributed by atoms with E-state index in [1.807, 2.05) is 0 Å². The summed E-state index contributed by atoms with van der Waals surface area (Å²) >= 11 is 0. The van der Waals surface area contributed by atoms with E-state index in [0.717, 1.165) is 32.4 Å². The Labute approximate surface area is 133 Å². The molecule has 0 aromatic carbocycles. The first kappa shape index (κ1) is 15.8. The summed E-state index contributed by atoms with van der Waals surface area (Å²) < 4.78 is 0. The van der Waals surface area contributed by atoms with Crippen molar-refractivity contribution < 1.29 is 9.59 Å². The van der Waals surface area contributed by atoms with Crippen LogP contribution in [-0.2, 0) is 9.59 Å². The molecule has 0 saturated heterocycles. The Morgan fingerprint density at radius 1 is 0.818 bits per heavy atom. The van der Waals surface area contributed by atoms with Gasteiger partial charge in [0.1, 0.15) is 0 Å². The topological polar surface area (TPSA) is 58.2 Å². The lowest BCUT2D eigenvalue weighted by atomic mass is 9.81. The molecule has 0 bridgehead atoms. The van der Waals surface area contributed by atoms with Crippen molar-refractivity contribution in [2.24, 2.45) is 35.5 Å². The van der Waals surface area contributed by atoms with Crippen LogP contribution in [0.25, 0.3) is 0 Å². The van der Waals surface area contributed by atoms with Gasteiger partial charge in [0.05, 0.1) is 0 Å². The Hall–Kier alpha value is -1.06. The molecule has 3 saturated carbocycles. The summed E-state index contributed by atoms with van der Waals surface area (Å²) in [5.41, 5.74) is 0. The molecule has 22 heavy (non-hydrogen) atoms. The summed E-state index contributed by atoms with van der Waals surface area (Å²) in [7, 11) is 0. The summed E-state index contributed by atoms with van der Waals surface area (Å²) in [4.78, 5) is 23.8. The van der Waals surface area contributed by atoms with E-state index >= 15 is 0 Å². The van der Waals surface area contributed by atoms with E-state index in [1.54, 1.807) is 0 Å². The molecule has 4 nitrogen and oxygen atoms in total. The fourth-order valence-electron chi connectivity index (χ4n) is 3.90. The number of rotatable bonds is 6. The normalized spacial score (nSPS) is 39.9. The van der Waals surface area contributed by atoms with Crippen LogP contribution in [0.5, 0.6) is 0 Å². The standard InChI is InChI=1S/C18H30N2O2/c1-11-6-15(11)17(21)19-9-13-4-3-5-14(8-13)10-20-18(22)16-7-12(16)2/h11-16H,3-10H2,1-2H3,(H,19,21)(H,20,22)/t11-,12+,13-,14+,15+,16-. The molecule has 6 atom stereocenters. The fourth-order valence-corrected chi connectivity index (χ4v) is 3.90. The number of hydrogen-bond donors (Lipinski definition) is 2. The maximum absolute atomic E-state index is 11.9. The van der Waals surface area contributed by atoms with Crippen LogP contribution < -0.4 is 10.6 Å². The van der Waals surface area contributed by atoms with Gasteiger partial charge in [-0.2, -0.15) is 0 Å². The predicted octanol–water partition coefficient (Wildman–Crippen LogP) is 2.34. The second kappa shape index (κ2) is 6.59. The van der Waals surface area contributed by atoms with Gasteiger partial charge in [-0.1, -0.05) is 20.3 Å². The molecule has 3 aliphatic carbocycles. The first-order valence-corrected chi connectivity index (χ1v) is 9.10. The highest BCUT2D eigenvalue weighted by Gasteiger charge is 2.40. The Morgan fingerprint density at radius 3 is 1.59 bits per heavy atom. The molecule has 2 N–H and O–H groups in total. The highest BCUT2D eigenvalue weighted by atomic mass is 16.2. The van der Waals surface area contributed by atoms with E-state index in [1.165, 1.54) is 19.3 Å². The number of carbonyl (C=O) groups is 2. The number of amides is 2. The van der Waals surface area contributed by atoms with E-state index < -0.39 is 0 Å². The van der Waals surface area contributed by atoms with Crippen LogP contribution in [0.2, 0.25) is 0 Å². The van der Waals surface area contributed by atoms with Gasteiger partial charge in [-0.25, -0.2) is 0 Å². The third kappa shape index (κ3) is 4.02. The molecule has 0 unspecified atom stereocenters. The van der Waals surface area contributed by atoms with E-state index in [0.29, 0.717) is 23.7 Å². The largest absolute Gasteiger partial charge is 0.356 e. The molecule has 0 heterocycles. The zero-order valence-corrected chi connectivity index (χ0v) is 13.9. The van der Waals surface area contributed by atoms with Gasteiger partial charge in [0, 0.05) is 24.9 Å². The molecule has 3 rings (SSSR count). The van der Waals surface area contributed by atoms with Gasteiger partial charge in [-0.15, -0.1) is 0 Å². The highest BCUT2D eigenvalue weighted by molar-refractivity contribution is 5.81. The summed E-state index contributed by atoms with van der Waals surface area (Å²) in [6.07, 6.45) is 6.91. The van der Waals surface area contributed by atoms with Crippen LogP contribution >= 0.6 is 0 Å². The van der Waals surface area contributed by atoms with Crippen molar-refractivity contribution in [3.8, 4) is 0 Å². The molecule has 0 aromatic rings. The Kier molecular flexibility index (Phi) is 4.74. The van der Waals surface area contributed by atoms with Crippen molar-refractivity contribution in [3.63, 3.8) is 0 Å². The van der Waals surface area contributed by atoms with E-state index in [-0.39, 0.29) is 23.7 Å². The maximum Gasteiger partial charge on any atom is 0.223 e. The average Bonchev–Trinajstić information content (AvgIpc) is 3.41. The van der Waals surface area contributed by atoms with Crippen molar-refractivity contribution >= 4 is 11.8 Å². The second-order valence-electron chi connectivity index (χ2n) is 8.03. The van der Waals surface area contributed by atoms with E-state index in [2.05, 4.69) is 24.5 Å². The number of carbonyl (C=O) groups excluding carboxylic acids is 2. The molecule has 0 aliphatic heterocycles. The van der Waals surface area contributed by atoms with Gasteiger partial charge in [-0.3, -0.25) is 9.59 Å². The van der Waals surface area contributed by atoms with Crippen LogP contribution in [-0.4, -0.2) is 24.9 Å². The monoisotopic (exact) mass is 306 g/mol. The molecule has 3 aliphatic rings. The van der Waals surface area contributed by atoms with E-state index in [9.17, 15) is 9.59 Å². The minimum atomic E-state index is 0.255. The van der Waals surface area contributed by atoms with Gasteiger partial charge in [0.15, 0.2) is 0 Å². The van der Waals surface area contributed by atoms with Crippen molar-refractivity contribution in [2.45, 2.75) is 52.4 Å². The van der Waals surface area contributed by atoms with Crippen LogP contribution in [0.15, 0.2) is 0 Å². The molecular weight excluding hydrogens is 276 g/mol. The van der Waals surface area contributed by atoms with Gasteiger partial charge < -0.3 is 10.6 Å². The van der Waals surface area contributed by atoms with Crippen molar-refractivity contribution in [2.75, 3.05) is 13.1 Å². The lowest BCUT2D eigenvalue weighted by Crippen LogP contribution is -2.36. The van der Waals surface area contributed by atoms with Crippen molar-refractivity contribution in [1.29, 1.82) is 0 Å². The first-order valence-electron chi connectivity index (χ1n) is 9.10. The second-order valence-corrected chi connectivity index (χ2v) is 8.03. The van der Waals surface area contributed by atoms with Crippen LogP contribution in [0.3, 0.4) is 0 Å². The quantitative estimate of drug-likeness (QED) is 0.791. The summed E-state index contributed by atoms with van der Waals surface area (Å²) in [5.74, 6) is 3.41. The lowest BCUT2D eigenvalue weighted by molar-refractivity contribution is -0.123. The Balaban J connectivity index is 1.34. The van der Waals surface area contributed by atoms with Crippen LogP contribution in [0.4, 0.5) is 0 Å². The molecule has 124 valence electrons. The van der Waals surface area contributed by atoms with E-state index in [4.69, 9.17) is 0 Å². The summed E-state index contributed by atoms with van der Waals surface area (Å²) in [6.45, 7) is 5.94. The minimum Gasteiger partial charge on any atom is -0.356 e. The molecule has 3 fully saturated rings. The molecule has 4 heteroatoms. The molecular formula is C18H30N2O2. The van der Waals surface area contributed by atoms with Gasteiger partial charge in [0.25, 0.3) is 0 Å². The lowest BCUT2D eigenvalue weighted by Gasteiger charge is -2.29. The SMILES string of the molecule is C[C@@H]1C[C@@H]1C(=O)NC[C@@H]1CCC[C@H](CNC(=O)[C@@H]2C[C@@H]2C)C1. The Morgan fingerprint density at radius 2 is 1.23 bits per heavy atom. The molecule has 2 amide bonds. The fraction of sp³-hybridized carbons (Fsp3) is 0.889. The van der Waals surface area contributed by atoms with Crippen molar-refractivity contribution in [3.05, 3.63) is 0 Å². The highest BCUT2D eigenvalue weighted by Crippen LogP contribution is 2.38. The van der Waals surface area contributed by atoms with Crippen LogP contribution in [0, 0.1) is 35.5 Å². The first-order chi connectivity index (χ1) is 10.5. The molecule has 0 aromatic heterocycles. The number of hydrogen-bond acceptors (Lipinski definition) is 2. The Bertz CT molecular complexity index is 399.